The first kappa shape index (κ1) is 11.0. The van der Waals surface area contributed by atoms with Gasteiger partial charge in [-0.3, -0.25) is 0 Å². The molecule has 0 spiro atoms. The van der Waals surface area contributed by atoms with Crippen LogP contribution in [0.15, 0.2) is 10.8 Å². The summed E-state index contributed by atoms with van der Waals surface area (Å²) in [6.07, 6.45) is 11.0. The number of rotatable bonds is 3. The Balaban J connectivity index is 1.54. The Morgan fingerprint density at radius 1 is 1.22 bits per heavy atom. The van der Waals surface area contributed by atoms with Crippen molar-refractivity contribution >= 4 is 0 Å². The normalized spacial score (nSPS) is 43.3. The molecule has 1 unspecified atom stereocenters. The zero-order valence-electron chi connectivity index (χ0n) is 10.7. The van der Waals surface area contributed by atoms with E-state index in [0.717, 1.165) is 24.2 Å². The second-order valence-corrected chi connectivity index (χ2v) is 7.01. The van der Waals surface area contributed by atoms with Gasteiger partial charge in [0.15, 0.2) is 0 Å². The van der Waals surface area contributed by atoms with E-state index in [-0.39, 0.29) is 6.04 Å². The van der Waals surface area contributed by atoms with Crippen LogP contribution in [0.25, 0.3) is 0 Å². The fourth-order valence-corrected chi connectivity index (χ4v) is 5.44. The Morgan fingerprint density at radius 3 is 2.33 bits per heavy atom. The van der Waals surface area contributed by atoms with Gasteiger partial charge in [-0.2, -0.15) is 0 Å². The maximum absolute atomic E-state index is 6.26. The molecule has 4 saturated carbocycles. The van der Waals surface area contributed by atoms with Crippen LogP contribution in [0.2, 0.25) is 0 Å². The number of nitrogens with zero attached hydrogens (tertiary/aromatic N) is 2. The van der Waals surface area contributed by atoms with Gasteiger partial charge in [-0.05, 0) is 68.1 Å². The van der Waals surface area contributed by atoms with Crippen LogP contribution in [-0.4, -0.2) is 10.2 Å². The lowest BCUT2D eigenvalue weighted by molar-refractivity contribution is -0.0615. The van der Waals surface area contributed by atoms with Gasteiger partial charge < -0.3 is 10.2 Å². The summed E-state index contributed by atoms with van der Waals surface area (Å²) in [5, 5.41) is 7.71. The van der Waals surface area contributed by atoms with Gasteiger partial charge in [-0.1, -0.05) is 0 Å². The average molecular weight is 247 g/mol. The molecular weight excluding hydrogens is 226 g/mol. The summed E-state index contributed by atoms with van der Waals surface area (Å²) >= 11 is 0. The van der Waals surface area contributed by atoms with Crippen LogP contribution < -0.4 is 5.73 Å². The standard InChI is InChI=1S/C14H21N3O/c15-12(13-17-16-8-18-13)7-14-4-9-1-10(5-14)3-11(2-9)6-14/h8-12H,1-7,15H2. The topological polar surface area (TPSA) is 64.9 Å². The van der Waals surface area contributed by atoms with Crippen LogP contribution in [-0.2, 0) is 0 Å². The summed E-state index contributed by atoms with van der Waals surface area (Å²) in [7, 11) is 0. The van der Waals surface area contributed by atoms with Crippen molar-refractivity contribution in [2.24, 2.45) is 28.9 Å². The highest BCUT2D eigenvalue weighted by Crippen LogP contribution is 2.62. The molecule has 4 nitrogen and oxygen atoms in total. The van der Waals surface area contributed by atoms with Crippen molar-refractivity contribution in [1.82, 2.24) is 10.2 Å². The molecule has 0 aliphatic heterocycles. The highest BCUT2D eigenvalue weighted by molar-refractivity contribution is 5.03. The van der Waals surface area contributed by atoms with Crippen molar-refractivity contribution in [3.05, 3.63) is 12.3 Å². The zero-order chi connectivity index (χ0) is 12.2. The lowest BCUT2D eigenvalue weighted by atomic mass is 9.48. The van der Waals surface area contributed by atoms with E-state index in [0.29, 0.717) is 11.3 Å². The van der Waals surface area contributed by atoms with E-state index in [9.17, 15) is 0 Å². The summed E-state index contributed by atoms with van der Waals surface area (Å²) in [5.74, 6) is 3.55. The molecule has 98 valence electrons. The zero-order valence-corrected chi connectivity index (χ0v) is 10.7. The SMILES string of the molecule is NC(CC12CC3CC(CC(C3)C1)C2)c1nnco1. The first-order chi connectivity index (χ1) is 8.72. The summed E-state index contributed by atoms with van der Waals surface area (Å²) in [5.41, 5.74) is 6.75. The van der Waals surface area contributed by atoms with Crippen LogP contribution in [0.1, 0.15) is 56.9 Å². The van der Waals surface area contributed by atoms with E-state index in [2.05, 4.69) is 10.2 Å². The van der Waals surface area contributed by atoms with Gasteiger partial charge in [0.05, 0.1) is 6.04 Å². The van der Waals surface area contributed by atoms with Gasteiger partial charge in [0, 0.05) is 0 Å². The molecule has 4 aliphatic rings. The van der Waals surface area contributed by atoms with E-state index in [1.165, 1.54) is 44.9 Å². The van der Waals surface area contributed by atoms with E-state index in [1.807, 2.05) is 0 Å². The Hall–Kier alpha value is -0.900. The van der Waals surface area contributed by atoms with Crippen molar-refractivity contribution in [3.8, 4) is 0 Å². The molecule has 2 N–H and O–H groups in total. The molecule has 0 saturated heterocycles. The molecule has 0 radical (unpaired) electrons. The smallest absolute Gasteiger partial charge is 0.232 e. The summed E-state index contributed by atoms with van der Waals surface area (Å²) in [6, 6.07) is -0.0660. The lowest BCUT2D eigenvalue weighted by Gasteiger charge is -2.57. The number of nitrogens with two attached hydrogens (primary N) is 1. The number of aromatic nitrogens is 2. The van der Waals surface area contributed by atoms with E-state index < -0.39 is 0 Å². The van der Waals surface area contributed by atoms with Gasteiger partial charge >= 0.3 is 0 Å². The molecular formula is C14H21N3O. The third kappa shape index (κ3) is 1.69. The molecule has 1 aromatic rings. The molecule has 5 rings (SSSR count). The van der Waals surface area contributed by atoms with E-state index in [1.54, 1.807) is 0 Å². The van der Waals surface area contributed by atoms with Crippen molar-refractivity contribution < 1.29 is 4.42 Å². The van der Waals surface area contributed by atoms with Crippen LogP contribution in [0.4, 0.5) is 0 Å². The second kappa shape index (κ2) is 3.80. The summed E-state index contributed by atoms with van der Waals surface area (Å²) in [6.45, 7) is 0. The van der Waals surface area contributed by atoms with Crippen LogP contribution >= 0.6 is 0 Å². The Morgan fingerprint density at radius 2 is 1.83 bits per heavy atom. The Kier molecular flexibility index (Phi) is 2.31. The molecule has 0 amide bonds. The molecule has 4 fully saturated rings. The van der Waals surface area contributed by atoms with Gasteiger partial charge in [-0.25, -0.2) is 0 Å². The fraction of sp³-hybridized carbons (Fsp3) is 0.857. The maximum Gasteiger partial charge on any atom is 0.232 e. The minimum absolute atomic E-state index is 0.0660. The van der Waals surface area contributed by atoms with E-state index >= 15 is 0 Å². The Labute approximate surface area is 107 Å². The minimum Gasteiger partial charge on any atom is -0.426 e. The highest BCUT2D eigenvalue weighted by Gasteiger charge is 2.51. The maximum atomic E-state index is 6.26. The van der Waals surface area contributed by atoms with Crippen molar-refractivity contribution in [2.45, 2.75) is 51.0 Å². The monoisotopic (exact) mass is 247 g/mol. The molecule has 4 aliphatic carbocycles. The second-order valence-electron chi connectivity index (χ2n) is 7.01. The highest BCUT2D eigenvalue weighted by atomic mass is 16.4. The molecule has 4 heteroatoms. The van der Waals surface area contributed by atoms with E-state index in [4.69, 9.17) is 10.2 Å². The predicted molar refractivity (Wildman–Crippen MR) is 66.4 cm³/mol. The van der Waals surface area contributed by atoms with Gasteiger partial charge in [0.1, 0.15) is 0 Å². The first-order valence-corrected chi connectivity index (χ1v) is 7.24. The molecule has 4 bridgehead atoms. The first-order valence-electron chi connectivity index (χ1n) is 7.24. The van der Waals surface area contributed by atoms with Gasteiger partial charge in [0.2, 0.25) is 12.3 Å². The lowest BCUT2D eigenvalue weighted by Crippen LogP contribution is -2.47. The number of hydrogen-bond donors (Lipinski definition) is 1. The molecule has 1 atom stereocenters. The van der Waals surface area contributed by atoms with Crippen molar-refractivity contribution in [2.75, 3.05) is 0 Å². The largest absolute Gasteiger partial charge is 0.426 e. The minimum atomic E-state index is -0.0660. The van der Waals surface area contributed by atoms with Gasteiger partial charge in [0.25, 0.3) is 0 Å². The average Bonchev–Trinajstić information content (AvgIpc) is 2.79. The number of hydrogen-bond acceptors (Lipinski definition) is 4. The van der Waals surface area contributed by atoms with Crippen molar-refractivity contribution in [1.29, 1.82) is 0 Å². The predicted octanol–water partition coefficient (Wildman–Crippen LogP) is 2.68. The molecule has 1 aromatic heterocycles. The summed E-state index contributed by atoms with van der Waals surface area (Å²) < 4.78 is 5.26. The van der Waals surface area contributed by atoms with Crippen molar-refractivity contribution in [3.63, 3.8) is 0 Å². The van der Waals surface area contributed by atoms with Gasteiger partial charge in [-0.15, -0.1) is 10.2 Å². The van der Waals surface area contributed by atoms with Crippen LogP contribution in [0.3, 0.4) is 0 Å². The third-order valence-electron chi connectivity index (χ3n) is 5.51. The fourth-order valence-electron chi connectivity index (χ4n) is 5.44. The summed E-state index contributed by atoms with van der Waals surface area (Å²) in [4.78, 5) is 0. The molecule has 18 heavy (non-hydrogen) atoms. The van der Waals surface area contributed by atoms with Crippen LogP contribution in [0, 0.1) is 23.2 Å². The Bertz CT molecular complexity index is 393. The molecule has 1 heterocycles. The third-order valence-corrected chi connectivity index (χ3v) is 5.51. The molecule has 0 aromatic carbocycles. The quantitative estimate of drug-likeness (QED) is 0.891. The van der Waals surface area contributed by atoms with Crippen LogP contribution in [0.5, 0.6) is 0 Å².